The minimum atomic E-state index is -0.688. The fourth-order valence-corrected chi connectivity index (χ4v) is 4.57. The molecule has 3 N–H and O–H groups in total. The standard InChI is InChI=1S/C24H29ClFN9O/c1-14-9-20(32-31-14)28-19-10-21(35-12-16(13-35)33(2)3)30-24(29-19)27-15-7-8-34(11-15)23(36)17-5-4-6-18(25)22(17)26/h4-6,9-10,15-16H,7-8,11-13H2,1-3H3,(H3,27,28,29,30,31,32)/t15-/m0/s1. The van der Waals surface area contributed by atoms with Crippen LogP contribution in [0.1, 0.15) is 22.5 Å². The molecular weight excluding hydrogens is 485 g/mol. The van der Waals surface area contributed by atoms with Gasteiger partial charge in [-0.05, 0) is 39.6 Å². The summed E-state index contributed by atoms with van der Waals surface area (Å²) in [6.45, 7) is 4.59. The van der Waals surface area contributed by atoms with Crippen molar-refractivity contribution in [1.82, 2.24) is 30.0 Å². The number of nitrogens with zero attached hydrogens (tertiary/aromatic N) is 6. The van der Waals surface area contributed by atoms with Crippen molar-refractivity contribution in [2.45, 2.75) is 25.4 Å². The van der Waals surface area contributed by atoms with Gasteiger partial charge in [-0.15, -0.1) is 0 Å². The van der Waals surface area contributed by atoms with Crippen molar-refractivity contribution < 1.29 is 9.18 Å². The summed E-state index contributed by atoms with van der Waals surface area (Å²) in [7, 11) is 4.15. The van der Waals surface area contributed by atoms with Crippen LogP contribution in [0.5, 0.6) is 0 Å². The zero-order chi connectivity index (χ0) is 25.4. The van der Waals surface area contributed by atoms with E-state index < -0.39 is 5.82 Å². The Hall–Kier alpha value is -3.44. The molecule has 4 heterocycles. The second-order valence-corrected chi connectivity index (χ2v) is 9.91. The molecule has 10 nitrogen and oxygen atoms in total. The Morgan fingerprint density at radius 1 is 1.19 bits per heavy atom. The van der Waals surface area contributed by atoms with E-state index in [0.29, 0.717) is 43.1 Å². The number of amides is 1. The summed E-state index contributed by atoms with van der Waals surface area (Å²) >= 11 is 5.86. The molecule has 5 rings (SSSR count). The van der Waals surface area contributed by atoms with E-state index in [9.17, 15) is 9.18 Å². The Morgan fingerprint density at radius 3 is 2.72 bits per heavy atom. The van der Waals surface area contributed by atoms with Gasteiger partial charge < -0.3 is 25.3 Å². The fraction of sp³-hybridized carbons (Fsp3) is 0.417. The van der Waals surface area contributed by atoms with Crippen LogP contribution in [0.2, 0.25) is 5.02 Å². The number of aromatic amines is 1. The predicted molar refractivity (Wildman–Crippen MR) is 138 cm³/mol. The van der Waals surface area contributed by atoms with E-state index in [1.165, 1.54) is 12.1 Å². The zero-order valence-corrected chi connectivity index (χ0v) is 21.2. The Kier molecular flexibility index (Phi) is 6.67. The van der Waals surface area contributed by atoms with Gasteiger partial charge in [0.1, 0.15) is 11.6 Å². The van der Waals surface area contributed by atoms with E-state index >= 15 is 0 Å². The van der Waals surface area contributed by atoms with Crippen LogP contribution in [0.15, 0.2) is 30.3 Å². The SMILES string of the molecule is Cc1cc(Nc2cc(N3CC(N(C)C)C3)nc(N[C@H]3CCN(C(=O)c4cccc(Cl)c4F)C3)n2)n[nH]1. The molecule has 2 fully saturated rings. The molecule has 0 unspecified atom stereocenters. The topological polar surface area (TPSA) is 105 Å². The number of aryl methyl sites for hydroxylation is 1. The molecule has 190 valence electrons. The van der Waals surface area contributed by atoms with E-state index in [2.05, 4.69) is 49.7 Å². The molecule has 36 heavy (non-hydrogen) atoms. The smallest absolute Gasteiger partial charge is 0.256 e. The highest BCUT2D eigenvalue weighted by Crippen LogP contribution is 2.27. The number of benzene rings is 1. The van der Waals surface area contributed by atoms with Crippen LogP contribution in [0, 0.1) is 12.7 Å². The van der Waals surface area contributed by atoms with Gasteiger partial charge in [0, 0.05) is 56.1 Å². The van der Waals surface area contributed by atoms with Crippen LogP contribution in [0.25, 0.3) is 0 Å². The molecule has 2 aliphatic rings. The molecule has 2 aliphatic heterocycles. The first-order valence-electron chi connectivity index (χ1n) is 11.9. The molecule has 12 heteroatoms. The molecule has 1 amide bonds. The number of nitrogens with one attached hydrogen (secondary N) is 3. The maximum Gasteiger partial charge on any atom is 0.256 e. The van der Waals surface area contributed by atoms with Gasteiger partial charge in [-0.2, -0.15) is 15.1 Å². The summed E-state index contributed by atoms with van der Waals surface area (Å²) in [5.41, 5.74) is 0.920. The van der Waals surface area contributed by atoms with Gasteiger partial charge in [-0.3, -0.25) is 9.89 Å². The van der Waals surface area contributed by atoms with E-state index in [-0.39, 0.29) is 22.5 Å². The number of likely N-dealkylation sites (N-methyl/N-ethyl adjacent to an activating group) is 1. The molecule has 3 aromatic rings. The van der Waals surface area contributed by atoms with Gasteiger partial charge in [-0.25, -0.2) is 4.39 Å². The normalized spacial score (nSPS) is 18.0. The number of hydrogen-bond acceptors (Lipinski definition) is 8. The third kappa shape index (κ3) is 5.07. The van der Waals surface area contributed by atoms with E-state index in [4.69, 9.17) is 16.6 Å². The van der Waals surface area contributed by atoms with Crippen LogP contribution in [0.3, 0.4) is 0 Å². The number of halogens is 2. The molecule has 0 bridgehead atoms. The molecule has 2 aromatic heterocycles. The van der Waals surface area contributed by atoms with Gasteiger partial charge in [-0.1, -0.05) is 17.7 Å². The third-order valence-corrected chi connectivity index (χ3v) is 6.87. The highest BCUT2D eigenvalue weighted by molar-refractivity contribution is 6.31. The van der Waals surface area contributed by atoms with Gasteiger partial charge >= 0.3 is 0 Å². The van der Waals surface area contributed by atoms with Crippen molar-refractivity contribution in [1.29, 1.82) is 0 Å². The molecule has 0 aliphatic carbocycles. The minimum Gasteiger partial charge on any atom is -0.353 e. The number of likely N-dealkylation sites (tertiary alicyclic amines) is 1. The van der Waals surface area contributed by atoms with E-state index in [1.54, 1.807) is 11.0 Å². The molecular formula is C24H29ClFN9O. The lowest BCUT2D eigenvalue weighted by molar-refractivity contribution is 0.0787. The van der Waals surface area contributed by atoms with Gasteiger partial charge in [0.2, 0.25) is 5.95 Å². The number of H-pyrrole nitrogens is 1. The van der Waals surface area contributed by atoms with Crippen LogP contribution >= 0.6 is 11.6 Å². The summed E-state index contributed by atoms with van der Waals surface area (Å²) in [4.78, 5) is 28.3. The van der Waals surface area contributed by atoms with Crippen molar-refractivity contribution in [2.75, 3.05) is 55.8 Å². The lowest BCUT2D eigenvalue weighted by Gasteiger charge is -2.43. The highest BCUT2D eigenvalue weighted by atomic mass is 35.5. The molecule has 2 saturated heterocycles. The van der Waals surface area contributed by atoms with Gasteiger partial charge in [0.05, 0.1) is 10.6 Å². The lowest BCUT2D eigenvalue weighted by atomic mass is 10.1. The second-order valence-electron chi connectivity index (χ2n) is 9.50. The minimum absolute atomic E-state index is 0.0181. The van der Waals surface area contributed by atoms with Crippen molar-refractivity contribution in [3.63, 3.8) is 0 Å². The number of carbonyl (C=O) groups is 1. The van der Waals surface area contributed by atoms with Crippen molar-refractivity contribution >= 4 is 40.9 Å². The molecule has 0 spiro atoms. The fourth-order valence-electron chi connectivity index (χ4n) is 4.39. The third-order valence-electron chi connectivity index (χ3n) is 6.58. The highest BCUT2D eigenvalue weighted by Gasteiger charge is 2.32. The summed E-state index contributed by atoms with van der Waals surface area (Å²) in [6.07, 6.45) is 0.690. The Labute approximate surface area is 213 Å². The Morgan fingerprint density at radius 2 is 2.00 bits per heavy atom. The number of rotatable bonds is 7. The first-order valence-corrected chi connectivity index (χ1v) is 12.2. The average Bonchev–Trinajstić information content (AvgIpc) is 3.42. The van der Waals surface area contributed by atoms with Crippen LogP contribution in [-0.4, -0.2) is 88.2 Å². The summed E-state index contributed by atoms with van der Waals surface area (Å²) in [5.74, 6) is 1.50. The van der Waals surface area contributed by atoms with Gasteiger partial charge in [0.25, 0.3) is 5.91 Å². The molecule has 1 aromatic carbocycles. The molecule has 0 radical (unpaired) electrons. The van der Waals surface area contributed by atoms with Crippen LogP contribution < -0.4 is 15.5 Å². The second kappa shape index (κ2) is 9.90. The molecule has 0 saturated carbocycles. The van der Waals surface area contributed by atoms with Crippen molar-refractivity contribution in [2.24, 2.45) is 0 Å². The quantitative estimate of drug-likeness (QED) is 0.442. The average molecular weight is 514 g/mol. The number of carbonyl (C=O) groups excluding carboxylic acids is 1. The number of hydrogen-bond donors (Lipinski definition) is 3. The molecule has 1 atom stereocenters. The first-order chi connectivity index (χ1) is 17.3. The number of aromatic nitrogens is 4. The van der Waals surface area contributed by atoms with Gasteiger partial charge in [0.15, 0.2) is 11.6 Å². The Balaban J connectivity index is 1.31. The summed E-state index contributed by atoms with van der Waals surface area (Å²) in [6, 6.07) is 8.68. The summed E-state index contributed by atoms with van der Waals surface area (Å²) < 4.78 is 14.4. The van der Waals surface area contributed by atoms with Crippen molar-refractivity contribution in [3.05, 3.63) is 52.4 Å². The summed E-state index contributed by atoms with van der Waals surface area (Å²) in [5, 5.41) is 13.7. The largest absolute Gasteiger partial charge is 0.353 e. The predicted octanol–water partition coefficient (Wildman–Crippen LogP) is 3.12. The monoisotopic (exact) mass is 513 g/mol. The Bertz CT molecular complexity index is 1260. The maximum atomic E-state index is 14.4. The van der Waals surface area contributed by atoms with Crippen LogP contribution in [-0.2, 0) is 0 Å². The number of anilines is 4. The van der Waals surface area contributed by atoms with Crippen LogP contribution in [0.4, 0.5) is 27.8 Å². The first kappa shape index (κ1) is 24.3. The van der Waals surface area contributed by atoms with E-state index in [0.717, 1.165) is 24.6 Å². The lowest BCUT2D eigenvalue weighted by Crippen LogP contribution is -2.57. The maximum absolute atomic E-state index is 14.4. The zero-order valence-electron chi connectivity index (χ0n) is 20.4. The van der Waals surface area contributed by atoms with Crippen molar-refractivity contribution in [3.8, 4) is 0 Å². The van der Waals surface area contributed by atoms with E-state index in [1.807, 2.05) is 19.1 Å².